The van der Waals surface area contributed by atoms with Gasteiger partial charge in [0.2, 0.25) is 0 Å². The lowest BCUT2D eigenvalue weighted by atomic mass is 9.93. The van der Waals surface area contributed by atoms with Crippen molar-refractivity contribution >= 4 is 6.03 Å². The predicted octanol–water partition coefficient (Wildman–Crippen LogP) is 2.56. The molecule has 0 spiro atoms. The van der Waals surface area contributed by atoms with E-state index in [4.69, 9.17) is 9.47 Å². The first-order chi connectivity index (χ1) is 12.7. The van der Waals surface area contributed by atoms with Crippen LogP contribution in [0.5, 0.6) is 5.75 Å². The van der Waals surface area contributed by atoms with Crippen LogP contribution in [0.25, 0.3) is 0 Å². The zero-order chi connectivity index (χ0) is 18.2. The number of urea groups is 1. The molecule has 2 aliphatic rings. The zero-order valence-electron chi connectivity index (χ0n) is 15.3. The van der Waals surface area contributed by atoms with Gasteiger partial charge in [0, 0.05) is 19.2 Å². The maximum absolute atomic E-state index is 12.8. The average Bonchev–Trinajstić information content (AvgIpc) is 3.17. The minimum Gasteiger partial charge on any atom is -0.492 e. The fraction of sp³-hybridized carbons (Fsp3) is 0.650. The van der Waals surface area contributed by atoms with Gasteiger partial charge in [0.1, 0.15) is 12.4 Å². The highest BCUT2D eigenvalue weighted by molar-refractivity contribution is 5.74. The van der Waals surface area contributed by atoms with Crippen LogP contribution in [0.4, 0.5) is 4.79 Å². The first-order valence-corrected chi connectivity index (χ1v) is 9.73. The van der Waals surface area contributed by atoms with Crippen molar-refractivity contribution in [2.45, 2.75) is 56.8 Å². The number of amides is 2. The van der Waals surface area contributed by atoms with Crippen LogP contribution in [0.1, 0.15) is 38.5 Å². The molecular formula is C20H30N2O4. The van der Waals surface area contributed by atoms with E-state index in [1.54, 1.807) is 0 Å². The van der Waals surface area contributed by atoms with Gasteiger partial charge in [-0.1, -0.05) is 18.2 Å². The van der Waals surface area contributed by atoms with Gasteiger partial charge in [-0.15, -0.1) is 0 Å². The van der Waals surface area contributed by atoms with Crippen molar-refractivity contribution in [3.05, 3.63) is 30.3 Å². The maximum Gasteiger partial charge on any atom is 0.317 e. The number of hydrogen-bond donors (Lipinski definition) is 2. The number of carbonyl (C=O) groups excluding carboxylic acids is 1. The van der Waals surface area contributed by atoms with E-state index in [1.807, 2.05) is 35.2 Å². The summed E-state index contributed by atoms with van der Waals surface area (Å²) in [5.74, 6) is 0.811. The van der Waals surface area contributed by atoms with Crippen LogP contribution in [0, 0.1) is 0 Å². The van der Waals surface area contributed by atoms with Crippen molar-refractivity contribution in [1.29, 1.82) is 0 Å². The molecule has 1 saturated heterocycles. The first kappa shape index (κ1) is 19.0. The van der Waals surface area contributed by atoms with E-state index in [1.165, 1.54) is 0 Å². The molecule has 6 heteroatoms. The second kappa shape index (κ2) is 9.78. The molecule has 2 N–H and O–H groups in total. The number of nitrogens with zero attached hydrogens (tertiary/aromatic N) is 1. The van der Waals surface area contributed by atoms with E-state index >= 15 is 0 Å². The summed E-state index contributed by atoms with van der Waals surface area (Å²) in [6.07, 6.45) is 5.14. The summed E-state index contributed by atoms with van der Waals surface area (Å²) in [6.45, 7) is 2.35. The Labute approximate surface area is 155 Å². The van der Waals surface area contributed by atoms with Crippen LogP contribution < -0.4 is 10.1 Å². The summed E-state index contributed by atoms with van der Waals surface area (Å²) >= 11 is 0. The van der Waals surface area contributed by atoms with Crippen molar-refractivity contribution in [3.63, 3.8) is 0 Å². The number of carbonyl (C=O) groups is 1. The molecule has 1 aromatic carbocycles. The number of rotatable bonds is 7. The summed E-state index contributed by atoms with van der Waals surface area (Å²) in [4.78, 5) is 14.6. The molecule has 6 nitrogen and oxygen atoms in total. The van der Waals surface area contributed by atoms with Crippen LogP contribution in [0.15, 0.2) is 30.3 Å². The summed E-state index contributed by atoms with van der Waals surface area (Å²) < 4.78 is 11.5. The molecule has 2 fully saturated rings. The fourth-order valence-corrected chi connectivity index (χ4v) is 3.59. The van der Waals surface area contributed by atoms with Crippen molar-refractivity contribution in [3.8, 4) is 5.75 Å². The van der Waals surface area contributed by atoms with E-state index in [2.05, 4.69) is 5.32 Å². The lowest BCUT2D eigenvalue weighted by Crippen LogP contribution is -2.49. The standard InChI is InChI=1S/C20H30N2O4/c23-17-10-8-16(9-11-17)21-20(24)22(15-19-7-4-13-25-19)12-14-26-18-5-2-1-3-6-18/h1-3,5-6,16-17,19,23H,4,7-15H2,(H,21,24). The Kier molecular flexibility index (Phi) is 7.14. The minimum atomic E-state index is -0.217. The van der Waals surface area contributed by atoms with Gasteiger partial charge < -0.3 is 24.8 Å². The number of hydrogen-bond acceptors (Lipinski definition) is 4. The van der Waals surface area contributed by atoms with Crippen molar-refractivity contribution < 1.29 is 19.4 Å². The highest BCUT2D eigenvalue weighted by Crippen LogP contribution is 2.19. The number of aliphatic hydroxyl groups is 1. The number of para-hydroxylation sites is 1. The molecule has 1 aliphatic carbocycles. The largest absolute Gasteiger partial charge is 0.492 e. The van der Waals surface area contributed by atoms with E-state index in [-0.39, 0.29) is 24.3 Å². The Hall–Kier alpha value is -1.79. The van der Waals surface area contributed by atoms with Gasteiger partial charge in [0.25, 0.3) is 0 Å². The summed E-state index contributed by atoms with van der Waals surface area (Å²) in [6, 6.07) is 9.74. The highest BCUT2D eigenvalue weighted by Gasteiger charge is 2.26. The normalized spacial score (nSPS) is 25.7. The Morgan fingerprint density at radius 1 is 1.19 bits per heavy atom. The Morgan fingerprint density at radius 3 is 2.65 bits per heavy atom. The molecule has 144 valence electrons. The second-order valence-electron chi connectivity index (χ2n) is 7.20. The monoisotopic (exact) mass is 362 g/mol. The molecule has 3 rings (SSSR count). The molecule has 0 bridgehead atoms. The molecule has 1 heterocycles. The summed E-state index contributed by atoms with van der Waals surface area (Å²) in [5, 5.41) is 12.8. The van der Waals surface area contributed by atoms with E-state index in [0.29, 0.717) is 19.7 Å². The summed E-state index contributed by atoms with van der Waals surface area (Å²) in [7, 11) is 0. The SMILES string of the molecule is O=C(NC1CCC(O)CC1)N(CCOc1ccccc1)CC1CCCO1. The first-order valence-electron chi connectivity index (χ1n) is 9.73. The third-order valence-corrected chi connectivity index (χ3v) is 5.13. The molecule has 1 aromatic rings. The Balaban J connectivity index is 1.50. The molecule has 0 aromatic heterocycles. The zero-order valence-corrected chi connectivity index (χ0v) is 15.3. The second-order valence-corrected chi connectivity index (χ2v) is 7.20. The maximum atomic E-state index is 12.8. The van der Waals surface area contributed by atoms with Gasteiger partial charge in [0.15, 0.2) is 0 Å². The van der Waals surface area contributed by atoms with Crippen LogP contribution >= 0.6 is 0 Å². The molecule has 26 heavy (non-hydrogen) atoms. The third-order valence-electron chi connectivity index (χ3n) is 5.13. The Morgan fingerprint density at radius 2 is 1.96 bits per heavy atom. The lowest BCUT2D eigenvalue weighted by Gasteiger charge is -2.31. The molecule has 1 aliphatic heterocycles. The number of ether oxygens (including phenoxy) is 2. The average molecular weight is 362 g/mol. The van der Waals surface area contributed by atoms with Gasteiger partial charge in [-0.25, -0.2) is 4.79 Å². The number of benzene rings is 1. The molecule has 2 amide bonds. The van der Waals surface area contributed by atoms with Crippen molar-refractivity contribution in [2.75, 3.05) is 26.3 Å². The van der Waals surface area contributed by atoms with Gasteiger partial charge in [-0.2, -0.15) is 0 Å². The van der Waals surface area contributed by atoms with Crippen LogP contribution in [0.2, 0.25) is 0 Å². The molecular weight excluding hydrogens is 332 g/mol. The van der Waals surface area contributed by atoms with Gasteiger partial charge in [-0.3, -0.25) is 0 Å². The smallest absolute Gasteiger partial charge is 0.317 e. The lowest BCUT2D eigenvalue weighted by molar-refractivity contribution is 0.0749. The quantitative estimate of drug-likeness (QED) is 0.782. The molecule has 1 atom stereocenters. The minimum absolute atomic E-state index is 0.0569. The number of aliphatic hydroxyl groups excluding tert-OH is 1. The fourth-order valence-electron chi connectivity index (χ4n) is 3.59. The van der Waals surface area contributed by atoms with Gasteiger partial charge in [-0.05, 0) is 50.7 Å². The predicted molar refractivity (Wildman–Crippen MR) is 99.3 cm³/mol. The van der Waals surface area contributed by atoms with Crippen molar-refractivity contribution in [1.82, 2.24) is 10.2 Å². The van der Waals surface area contributed by atoms with Crippen LogP contribution in [0.3, 0.4) is 0 Å². The van der Waals surface area contributed by atoms with E-state index in [0.717, 1.165) is 50.9 Å². The third kappa shape index (κ3) is 5.88. The van der Waals surface area contributed by atoms with E-state index in [9.17, 15) is 9.90 Å². The van der Waals surface area contributed by atoms with Crippen LogP contribution in [-0.2, 0) is 4.74 Å². The molecule has 0 radical (unpaired) electrons. The highest BCUT2D eigenvalue weighted by atomic mass is 16.5. The van der Waals surface area contributed by atoms with Crippen LogP contribution in [-0.4, -0.2) is 60.6 Å². The topological polar surface area (TPSA) is 71.0 Å². The van der Waals surface area contributed by atoms with E-state index < -0.39 is 0 Å². The van der Waals surface area contributed by atoms with Gasteiger partial charge >= 0.3 is 6.03 Å². The Bertz CT molecular complexity index is 540. The molecule has 1 saturated carbocycles. The summed E-state index contributed by atoms with van der Waals surface area (Å²) in [5.41, 5.74) is 0. The van der Waals surface area contributed by atoms with Crippen molar-refractivity contribution in [2.24, 2.45) is 0 Å². The number of nitrogens with one attached hydrogen (secondary N) is 1. The van der Waals surface area contributed by atoms with Gasteiger partial charge in [0.05, 0.1) is 18.8 Å². The molecule has 1 unspecified atom stereocenters.